The Balaban J connectivity index is 1.49. The van der Waals surface area contributed by atoms with Crippen molar-refractivity contribution in [3.8, 4) is 0 Å². The maximum Gasteiger partial charge on any atom is 0.271 e. The maximum atomic E-state index is 13.0. The van der Waals surface area contributed by atoms with E-state index in [1.54, 1.807) is 0 Å². The molecule has 1 saturated heterocycles. The van der Waals surface area contributed by atoms with Gasteiger partial charge in [-0.3, -0.25) is 9.78 Å². The number of aliphatic hydroxyl groups excluding tert-OH is 1. The minimum absolute atomic E-state index is 0.0199. The van der Waals surface area contributed by atoms with Crippen LogP contribution in [0.4, 0.5) is 4.39 Å². The lowest BCUT2D eigenvalue weighted by molar-refractivity contribution is -0.0891. The molecular formula is C19H23FN4O5S. The number of halogens is 1. The Labute approximate surface area is 173 Å². The fourth-order valence-corrected chi connectivity index (χ4v) is 4.27. The standard InChI is InChI=1S/C19H23FN4O5S/c20-13-1-4-15(5-2-13)30(27,28)23-8-7-14-3-6-16(18(12-25)29-14)24-19(26)17-11-21-9-10-22-17/h1-2,4-5,9-11,14,16,18,23,25H,3,6-8,12H2,(H,24,26)/t14-,16+,18-/m0/s1. The molecule has 0 aliphatic carbocycles. The van der Waals surface area contributed by atoms with Crippen molar-refractivity contribution >= 4 is 15.9 Å². The number of aromatic nitrogens is 2. The molecule has 1 aliphatic heterocycles. The summed E-state index contributed by atoms with van der Waals surface area (Å²) in [5.41, 5.74) is 0.173. The predicted octanol–water partition coefficient (Wildman–Crippen LogP) is 0.623. The van der Waals surface area contributed by atoms with E-state index in [4.69, 9.17) is 4.74 Å². The highest BCUT2D eigenvalue weighted by molar-refractivity contribution is 7.89. The van der Waals surface area contributed by atoms with Crippen LogP contribution in [0.1, 0.15) is 29.8 Å². The van der Waals surface area contributed by atoms with Crippen LogP contribution in [0.25, 0.3) is 0 Å². The molecule has 1 aromatic carbocycles. The van der Waals surface area contributed by atoms with Gasteiger partial charge in [0.1, 0.15) is 17.6 Å². The lowest BCUT2D eigenvalue weighted by Gasteiger charge is -2.36. The summed E-state index contributed by atoms with van der Waals surface area (Å²) in [6.07, 6.45) is 4.88. The number of rotatable bonds is 8. The molecule has 0 bridgehead atoms. The molecule has 0 radical (unpaired) electrons. The van der Waals surface area contributed by atoms with Crippen molar-refractivity contribution in [3.05, 3.63) is 54.4 Å². The molecule has 1 aliphatic rings. The van der Waals surface area contributed by atoms with E-state index in [-0.39, 0.29) is 29.8 Å². The van der Waals surface area contributed by atoms with Gasteiger partial charge in [0.2, 0.25) is 10.0 Å². The monoisotopic (exact) mass is 438 g/mol. The van der Waals surface area contributed by atoms with E-state index >= 15 is 0 Å². The molecular weight excluding hydrogens is 415 g/mol. The quantitative estimate of drug-likeness (QED) is 0.551. The molecule has 162 valence electrons. The highest BCUT2D eigenvalue weighted by Gasteiger charge is 2.32. The van der Waals surface area contributed by atoms with Gasteiger partial charge in [0.05, 0.1) is 29.8 Å². The van der Waals surface area contributed by atoms with Gasteiger partial charge in [-0.2, -0.15) is 0 Å². The van der Waals surface area contributed by atoms with Crippen molar-refractivity contribution in [3.63, 3.8) is 0 Å². The SMILES string of the molecule is O=C(N[C@@H]1CC[C@@H](CCNS(=O)(=O)c2ccc(F)cc2)O[C@H]1CO)c1cnccn1. The zero-order chi connectivity index (χ0) is 21.6. The predicted molar refractivity (Wildman–Crippen MR) is 104 cm³/mol. The fourth-order valence-electron chi connectivity index (χ4n) is 3.22. The molecule has 2 aromatic rings. The Morgan fingerprint density at radius 3 is 2.67 bits per heavy atom. The minimum atomic E-state index is -3.75. The molecule has 0 unspecified atom stereocenters. The summed E-state index contributed by atoms with van der Waals surface area (Å²) in [6, 6.07) is 4.17. The van der Waals surface area contributed by atoms with Crippen LogP contribution in [-0.2, 0) is 14.8 Å². The third kappa shape index (κ3) is 5.79. The van der Waals surface area contributed by atoms with Crippen molar-refractivity contribution in [2.75, 3.05) is 13.2 Å². The Morgan fingerprint density at radius 2 is 2.00 bits per heavy atom. The summed E-state index contributed by atoms with van der Waals surface area (Å²) in [4.78, 5) is 20.0. The summed E-state index contributed by atoms with van der Waals surface area (Å²) in [7, 11) is -3.75. The van der Waals surface area contributed by atoms with Crippen LogP contribution in [0.3, 0.4) is 0 Å². The molecule has 9 nitrogen and oxygen atoms in total. The number of sulfonamides is 1. The van der Waals surface area contributed by atoms with Crippen LogP contribution in [-0.4, -0.2) is 60.8 Å². The molecule has 1 amide bonds. The molecule has 2 heterocycles. The van der Waals surface area contributed by atoms with Crippen LogP contribution < -0.4 is 10.0 Å². The number of carbonyl (C=O) groups excluding carboxylic acids is 1. The van der Waals surface area contributed by atoms with Gasteiger partial charge in [0, 0.05) is 18.9 Å². The summed E-state index contributed by atoms with van der Waals surface area (Å²) in [5, 5.41) is 12.4. The van der Waals surface area contributed by atoms with Gasteiger partial charge >= 0.3 is 0 Å². The molecule has 0 saturated carbocycles. The van der Waals surface area contributed by atoms with Gasteiger partial charge in [0.25, 0.3) is 5.91 Å². The zero-order valence-corrected chi connectivity index (χ0v) is 16.9. The van der Waals surface area contributed by atoms with Gasteiger partial charge in [-0.1, -0.05) is 0 Å². The van der Waals surface area contributed by atoms with Crippen molar-refractivity contribution in [1.29, 1.82) is 0 Å². The molecule has 1 fully saturated rings. The lowest BCUT2D eigenvalue weighted by atomic mass is 9.97. The van der Waals surface area contributed by atoms with Crippen LogP contribution >= 0.6 is 0 Å². The first-order chi connectivity index (χ1) is 14.4. The second-order valence-electron chi connectivity index (χ2n) is 6.87. The van der Waals surface area contributed by atoms with E-state index in [1.165, 1.54) is 30.7 Å². The summed E-state index contributed by atoms with van der Waals surface area (Å²) >= 11 is 0. The second-order valence-corrected chi connectivity index (χ2v) is 8.63. The average Bonchev–Trinajstić information content (AvgIpc) is 2.75. The highest BCUT2D eigenvalue weighted by atomic mass is 32.2. The van der Waals surface area contributed by atoms with Crippen molar-refractivity contribution in [1.82, 2.24) is 20.0 Å². The van der Waals surface area contributed by atoms with E-state index in [2.05, 4.69) is 20.0 Å². The first-order valence-corrected chi connectivity index (χ1v) is 11.0. The lowest BCUT2D eigenvalue weighted by Crippen LogP contribution is -2.51. The van der Waals surface area contributed by atoms with Crippen LogP contribution in [0.15, 0.2) is 47.8 Å². The largest absolute Gasteiger partial charge is 0.394 e. The van der Waals surface area contributed by atoms with Gasteiger partial charge in [-0.15, -0.1) is 0 Å². The Bertz CT molecular complexity index is 943. The molecule has 11 heteroatoms. The molecule has 30 heavy (non-hydrogen) atoms. The van der Waals surface area contributed by atoms with Crippen LogP contribution in [0, 0.1) is 5.82 Å². The fraction of sp³-hybridized carbons (Fsp3) is 0.421. The van der Waals surface area contributed by atoms with E-state index < -0.39 is 33.9 Å². The van der Waals surface area contributed by atoms with E-state index in [0.717, 1.165) is 12.1 Å². The third-order valence-electron chi connectivity index (χ3n) is 4.79. The van der Waals surface area contributed by atoms with Gasteiger partial charge in [-0.25, -0.2) is 22.5 Å². The van der Waals surface area contributed by atoms with Crippen molar-refractivity contribution in [2.45, 2.75) is 42.4 Å². The maximum absolute atomic E-state index is 13.0. The van der Waals surface area contributed by atoms with Crippen LogP contribution in [0.5, 0.6) is 0 Å². The Kier molecular flexibility index (Phi) is 7.43. The first kappa shape index (κ1) is 22.2. The molecule has 3 N–H and O–H groups in total. The number of hydrogen-bond donors (Lipinski definition) is 3. The van der Waals surface area contributed by atoms with Crippen LogP contribution in [0.2, 0.25) is 0 Å². The number of nitrogens with zero attached hydrogens (tertiary/aromatic N) is 2. The number of amides is 1. The minimum Gasteiger partial charge on any atom is -0.394 e. The number of carbonyl (C=O) groups is 1. The topological polar surface area (TPSA) is 131 Å². The first-order valence-electron chi connectivity index (χ1n) is 9.47. The molecule has 3 atom stereocenters. The van der Waals surface area contributed by atoms with Gasteiger partial charge in [0.15, 0.2) is 0 Å². The Morgan fingerprint density at radius 1 is 1.23 bits per heavy atom. The Hall–Kier alpha value is -2.47. The summed E-state index contributed by atoms with van der Waals surface area (Å²) in [6.45, 7) is -0.164. The number of aliphatic hydroxyl groups is 1. The highest BCUT2D eigenvalue weighted by Crippen LogP contribution is 2.22. The smallest absolute Gasteiger partial charge is 0.271 e. The molecule has 3 rings (SSSR count). The average molecular weight is 438 g/mol. The number of nitrogens with one attached hydrogen (secondary N) is 2. The van der Waals surface area contributed by atoms with Crippen molar-refractivity contribution < 1.29 is 27.4 Å². The number of benzene rings is 1. The summed E-state index contributed by atoms with van der Waals surface area (Å²) in [5.74, 6) is -0.916. The second kappa shape index (κ2) is 10.0. The number of ether oxygens (including phenoxy) is 1. The summed E-state index contributed by atoms with van der Waals surface area (Å²) < 4.78 is 45.7. The van der Waals surface area contributed by atoms with Crippen molar-refractivity contribution in [2.24, 2.45) is 0 Å². The van der Waals surface area contributed by atoms with Gasteiger partial charge < -0.3 is 15.2 Å². The molecule has 0 spiro atoms. The zero-order valence-electron chi connectivity index (χ0n) is 16.1. The third-order valence-corrected chi connectivity index (χ3v) is 6.27. The van der Waals surface area contributed by atoms with Gasteiger partial charge in [-0.05, 0) is 43.5 Å². The van der Waals surface area contributed by atoms with E-state index in [1.807, 2.05) is 0 Å². The van der Waals surface area contributed by atoms with E-state index in [9.17, 15) is 22.7 Å². The molecule has 1 aromatic heterocycles. The van der Waals surface area contributed by atoms with E-state index in [0.29, 0.717) is 19.3 Å². The normalized spacial score (nSPS) is 21.9. The number of hydrogen-bond acceptors (Lipinski definition) is 7.